The van der Waals surface area contributed by atoms with Crippen LogP contribution in [0.1, 0.15) is 11.1 Å². The van der Waals surface area contributed by atoms with E-state index in [2.05, 4.69) is 0 Å². The molecule has 0 spiro atoms. The maximum absolute atomic E-state index is 10.5. The highest BCUT2D eigenvalue weighted by Gasteiger charge is 2.08. The second kappa shape index (κ2) is 4.70. The van der Waals surface area contributed by atoms with Gasteiger partial charge in [-0.3, -0.25) is 14.9 Å². The fraction of sp³-hybridized carbons (Fsp3) is 0. The molecule has 80 valence electrons. The number of amides is 1. The number of nitriles is 1. The third-order valence-electron chi connectivity index (χ3n) is 1.80. The van der Waals surface area contributed by atoms with Crippen molar-refractivity contribution in [3.63, 3.8) is 0 Å². The van der Waals surface area contributed by atoms with E-state index in [9.17, 15) is 14.9 Å². The summed E-state index contributed by atoms with van der Waals surface area (Å²) in [6, 6.07) is 5.58. The van der Waals surface area contributed by atoms with E-state index in [0.29, 0.717) is 5.56 Å². The van der Waals surface area contributed by atoms with Crippen molar-refractivity contribution >= 4 is 17.7 Å². The molecule has 0 saturated carbocycles. The van der Waals surface area contributed by atoms with Crippen LogP contribution in [0.3, 0.4) is 0 Å². The van der Waals surface area contributed by atoms with Gasteiger partial charge in [-0.15, -0.1) is 0 Å². The van der Waals surface area contributed by atoms with Crippen molar-refractivity contribution < 1.29 is 9.72 Å². The van der Waals surface area contributed by atoms with Crippen molar-refractivity contribution in [2.45, 2.75) is 0 Å². The van der Waals surface area contributed by atoms with Gasteiger partial charge >= 0.3 is 0 Å². The molecule has 1 rings (SSSR count). The van der Waals surface area contributed by atoms with Gasteiger partial charge in [0, 0.05) is 18.2 Å². The van der Waals surface area contributed by atoms with E-state index in [1.807, 2.05) is 0 Å². The van der Waals surface area contributed by atoms with Crippen molar-refractivity contribution in [3.8, 4) is 6.07 Å². The number of carbonyl (C=O) groups excluding carboxylic acids is 1. The summed E-state index contributed by atoms with van der Waals surface area (Å²) in [4.78, 5) is 20.3. The zero-order valence-electron chi connectivity index (χ0n) is 8.08. The summed E-state index contributed by atoms with van der Waals surface area (Å²) >= 11 is 0. The third kappa shape index (κ3) is 2.65. The van der Waals surface area contributed by atoms with E-state index in [1.165, 1.54) is 18.2 Å². The van der Waals surface area contributed by atoms with Gasteiger partial charge in [0.15, 0.2) is 0 Å². The fourth-order valence-corrected chi connectivity index (χ4v) is 1.07. The lowest BCUT2D eigenvalue weighted by atomic mass is 10.1. The van der Waals surface area contributed by atoms with Crippen LogP contribution in [0.25, 0.3) is 6.08 Å². The van der Waals surface area contributed by atoms with E-state index in [4.69, 9.17) is 11.0 Å². The van der Waals surface area contributed by atoms with Gasteiger partial charge in [-0.25, -0.2) is 0 Å². The van der Waals surface area contributed by atoms with E-state index in [0.717, 1.165) is 12.1 Å². The molecular formula is C10H7N3O3. The zero-order chi connectivity index (χ0) is 12.1. The van der Waals surface area contributed by atoms with Gasteiger partial charge in [-0.1, -0.05) is 0 Å². The van der Waals surface area contributed by atoms with Crippen molar-refractivity contribution in [3.05, 3.63) is 45.5 Å². The average Bonchev–Trinajstić information content (AvgIpc) is 2.25. The van der Waals surface area contributed by atoms with Crippen LogP contribution < -0.4 is 5.73 Å². The van der Waals surface area contributed by atoms with Gasteiger partial charge in [0.2, 0.25) is 5.91 Å². The first-order valence-corrected chi connectivity index (χ1v) is 4.20. The predicted molar refractivity (Wildman–Crippen MR) is 56.0 cm³/mol. The third-order valence-corrected chi connectivity index (χ3v) is 1.80. The minimum Gasteiger partial charge on any atom is -0.366 e. The quantitative estimate of drug-likeness (QED) is 0.461. The summed E-state index contributed by atoms with van der Waals surface area (Å²) in [6.07, 6.45) is 2.42. The van der Waals surface area contributed by atoms with E-state index >= 15 is 0 Å². The molecule has 0 aromatic heterocycles. The molecular weight excluding hydrogens is 210 g/mol. The number of rotatable bonds is 3. The molecule has 1 aromatic rings. The highest BCUT2D eigenvalue weighted by molar-refractivity contribution is 5.90. The van der Waals surface area contributed by atoms with Crippen molar-refractivity contribution in [2.75, 3.05) is 0 Å². The maximum atomic E-state index is 10.5. The van der Waals surface area contributed by atoms with Gasteiger partial charge in [0.05, 0.1) is 10.5 Å². The van der Waals surface area contributed by atoms with E-state index in [-0.39, 0.29) is 11.3 Å². The number of nitrogens with two attached hydrogens (primary N) is 1. The highest BCUT2D eigenvalue weighted by atomic mass is 16.6. The van der Waals surface area contributed by atoms with Crippen molar-refractivity contribution in [1.82, 2.24) is 0 Å². The second-order valence-electron chi connectivity index (χ2n) is 2.88. The Balaban J connectivity index is 3.18. The number of nitro groups is 1. The van der Waals surface area contributed by atoms with Crippen LogP contribution in [0.5, 0.6) is 0 Å². The van der Waals surface area contributed by atoms with Gasteiger partial charge < -0.3 is 5.73 Å². The molecule has 2 N–H and O–H groups in total. The molecule has 0 fully saturated rings. The molecule has 0 saturated heterocycles. The Kier molecular flexibility index (Phi) is 3.35. The summed E-state index contributed by atoms with van der Waals surface area (Å²) in [5.41, 5.74) is 5.25. The number of nitrogens with zero attached hydrogens (tertiary/aromatic N) is 2. The van der Waals surface area contributed by atoms with Gasteiger partial charge in [0.25, 0.3) is 5.69 Å². The van der Waals surface area contributed by atoms with Crippen LogP contribution >= 0.6 is 0 Å². The number of benzene rings is 1. The molecule has 0 atom stereocenters. The molecule has 0 radical (unpaired) electrons. The minimum absolute atomic E-state index is 0.117. The average molecular weight is 217 g/mol. The molecule has 1 amide bonds. The van der Waals surface area contributed by atoms with Crippen LogP contribution in [-0.4, -0.2) is 10.8 Å². The first-order chi connectivity index (χ1) is 7.54. The van der Waals surface area contributed by atoms with Crippen molar-refractivity contribution in [1.29, 1.82) is 5.26 Å². The van der Waals surface area contributed by atoms with E-state index < -0.39 is 10.8 Å². The summed E-state index contributed by atoms with van der Waals surface area (Å²) < 4.78 is 0. The molecule has 16 heavy (non-hydrogen) atoms. The Hall–Kier alpha value is -2.68. The molecule has 6 heteroatoms. The first-order valence-electron chi connectivity index (χ1n) is 4.20. The number of non-ortho nitro benzene ring substituents is 1. The van der Waals surface area contributed by atoms with Crippen LogP contribution in [0, 0.1) is 21.4 Å². The molecule has 0 aliphatic heterocycles. The first kappa shape index (κ1) is 11.4. The summed E-state index contributed by atoms with van der Waals surface area (Å²) in [6.45, 7) is 0. The van der Waals surface area contributed by atoms with Gasteiger partial charge in [-0.2, -0.15) is 5.26 Å². The lowest BCUT2D eigenvalue weighted by Gasteiger charge is -1.97. The monoisotopic (exact) mass is 217 g/mol. The minimum atomic E-state index is -0.651. The number of nitro benzene ring substituents is 1. The second-order valence-corrected chi connectivity index (χ2v) is 2.88. The summed E-state index contributed by atoms with van der Waals surface area (Å²) in [5.74, 6) is -0.651. The highest BCUT2D eigenvalue weighted by Crippen LogP contribution is 2.18. The Bertz CT molecular complexity index is 515. The topological polar surface area (TPSA) is 110 Å². The standard InChI is InChI=1S/C10H7N3O3/c11-6-8-5-9(13(15)16)3-1-7(8)2-4-10(12)14/h1-5H,(H2,12,14). The molecule has 6 nitrogen and oxygen atoms in total. The van der Waals surface area contributed by atoms with Gasteiger partial charge in [0.1, 0.15) is 6.07 Å². The number of carbonyl (C=O) groups is 1. The van der Waals surface area contributed by atoms with Gasteiger partial charge in [-0.05, 0) is 17.7 Å². The van der Waals surface area contributed by atoms with Crippen LogP contribution in [0.15, 0.2) is 24.3 Å². The lowest BCUT2D eigenvalue weighted by Crippen LogP contribution is -2.05. The van der Waals surface area contributed by atoms with Crippen LogP contribution in [0.4, 0.5) is 5.69 Å². The van der Waals surface area contributed by atoms with Crippen molar-refractivity contribution in [2.24, 2.45) is 5.73 Å². The smallest absolute Gasteiger partial charge is 0.270 e. The molecule has 0 aliphatic rings. The Morgan fingerprint density at radius 3 is 2.75 bits per heavy atom. The lowest BCUT2D eigenvalue weighted by molar-refractivity contribution is -0.384. The molecule has 0 bridgehead atoms. The predicted octanol–water partition coefficient (Wildman–Crippen LogP) is 0.965. The molecule has 0 heterocycles. The molecule has 1 aromatic carbocycles. The largest absolute Gasteiger partial charge is 0.366 e. The summed E-state index contributed by atoms with van der Waals surface area (Å²) in [7, 11) is 0. The number of primary amides is 1. The van der Waals surface area contributed by atoms with E-state index in [1.54, 1.807) is 6.07 Å². The SMILES string of the molecule is N#Cc1cc([N+](=O)[O-])ccc1C=CC(N)=O. The Labute approximate surface area is 90.7 Å². The molecule has 0 aliphatic carbocycles. The summed E-state index contributed by atoms with van der Waals surface area (Å²) in [5, 5.41) is 19.2. The number of hydrogen-bond acceptors (Lipinski definition) is 4. The Morgan fingerprint density at radius 2 is 2.25 bits per heavy atom. The fourth-order valence-electron chi connectivity index (χ4n) is 1.07. The number of hydrogen-bond donors (Lipinski definition) is 1. The zero-order valence-corrected chi connectivity index (χ0v) is 8.08. The van der Waals surface area contributed by atoms with Crippen LogP contribution in [0.2, 0.25) is 0 Å². The normalized spacial score (nSPS) is 9.94. The molecule has 0 unspecified atom stereocenters. The Morgan fingerprint density at radius 1 is 1.56 bits per heavy atom. The van der Waals surface area contributed by atoms with Crippen LogP contribution in [-0.2, 0) is 4.79 Å². The maximum Gasteiger partial charge on any atom is 0.270 e.